The van der Waals surface area contributed by atoms with Gasteiger partial charge in [0.15, 0.2) is 0 Å². The Kier molecular flexibility index (Phi) is 5.01. The molecule has 5 nitrogen and oxygen atoms in total. The Morgan fingerprint density at radius 3 is 2.17 bits per heavy atom. The molecule has 1 heterocycles. The molecule has 0 saturated heterocycles. The molecule has 0 radical (unpaired) electrons. The maximum Gasteiger partial charge on any atom is 0.127 e. The van der Waals surface area contributed by atoms with Crippen LogP contribution >= 0.6 is 0 Å². The van der Waals surface area contributed by atoms with Crippen molar-refractivity contribution < 1.29 is 9.47 Å². The number of nitrogens with zero attached hydrogens (tertiary/aromatic N) is 2. The summed E-state index contributed by atoms with van der Waals surface area (Å²) in [6.07, 6.45) is 3.73. The molecule has 1 N–H and O–H groups in total. The van der Waals surface area contributed by atoms with E-state index in [1.807, 2.05) is 73.3 Å². The van der Waals surface area contributed by atoms with Gasteiger partial charge in [0.05, 0.1) is 13.2 Å². The average Bonchev–Trinajstić information content (AvgIpc) is 3.01. The van der Waals surface area contributed by atoms with Gasteiger partial charge in [-0.3, -0.25) is 0 Å². The van der Waals surface area contributed by atoms with Crippen molar-refractivity contribution in [1.29, 1.82) is 0 Å². The highest BCUT2D eigenvalue weighted by molar-refractivity contribution is 5.47. The van der Waals surface area contributed by atoms with Crippen LogP contribution in [0.15, 0.2) is 60.9 Å². The van der Waals surface area contributed by atoms with Gasteiger partial charge in [-0.25, -0.2) is 4.98 Å². The lowest BCUT2D eigenvalue weighted by atomic mass is 10.3. The molecule has 1 aromatic heterocycles. The summed E-state index contributed by atoms with van der Waals surface area (Å²) in [5, 5.41) is 3.35. The number of ether oxygens (including phenoxy) is 2. The minimum absolute atomic E-state index is 0.660. The first-order valence-electron chi connectivity index (χ1n) is 7.95. The number of hydrogen-bond donors (Lipinski definition) is 1. The van der Waals surface area contributed by atoms with Crippen molar-refractivity contribution in [2.24, 2.45) is 7.05 Å². The zero-order valence-electron chi connectivity index (χ0n) is 13.9. The fraction of sp³-hybridized carbons (Fsp3) is 0.211. The number of nitrogens with one attached hydrogen (secondary N) is 1. The van der Waals surface area contributed by atoms with Crippen molar-refractivity contribution in [3.05, 3.63) is 66.7 Å². The Hall–Kier alpha value is -2.95. The molecule has 24 heavy (non-hydrogen) atoms. The largest absolute Gasteiger partial charge is 0.494 e. The highest BCUT2D eigenvalue weighted by Gasteiger charge is 2.01. The van der Waals surface area contributed by atoms with E-state index in [0.29, 0.717) is 13.2 Å². The Morgan fingerprint density at radius 1 is 0.958 bits per heavy atom. The second kappa shape index (κ2) is 7.55. The molecule has 0 bridgehead atoms. The van der Waals surface area contributed by atoms with E-state index in [0.717, 1.165) is 28.8 Å². The third kappa shape index (κ3) is 4.07. The molecule has 124 valence electrons. The summed E-state index contributed by atoms with van der Waals surface area (Å²) in [4.78, 5) is 4.29. The summed E-state index contributed by atoms with van der Waals surface area (Å²) < 4.78 is 13.3. The van der Waals surface area contributed by atoms with Gasteiger partial charge in [0.2, 0.25) is 0 Å². The van der Waals surface area contributed by atoms with Crippen LogP contribution in [0.2, 0.25) is 0 Å². The van der Waals surface area contributed by atoms with E-state index in [2.05, 4.69) is 10.3 Å². The number of anilines is 1. The van der Waals surface area contributed by atoms with Crippen molar-refractivity contribution in [2.45, 2.75) is 13.5 Å². The van der Waals surface area contributed by atoms with Crippen molar-refractivity contribution in [3.63, 3.8) is 0 Å². The lowest BCUT2D eigenvalue weighted by molar-refractivity contribution is 0.339. The summed E-state index contributed by atoms with van der Waals surface area (Å²) in [6, 6.07) is 15.5. The van der Waals surface area contributed by atoms with Crippen molar-refractivity contribution in [2.75, 3.05) is 11.9 Å². The molecule has 0 saturated carbocycles. The van der Waals surface area contributed by atoms with Crippen LogP contribution in [0.4, 0.5) is 5.69 Å². The van der Waals surface area contributed by atoms with E-state index in [-0.39, 0.29) is 0 Å². The summed E-state index contributed by atoms with van der Waals surface area (Å²) in [5.74, 6) is 3.41. The van der Waals surface area contributed by atoms with Crippen LogP contribution in [0.5, 0.6) is 17.2 Å². The number of rotatable bonds is 7. The molecular weight excluding hydrogens is 302 g/mol. The maximum absolute atomic E-state index is 5.84. The summed E-state index contributed by atoms with van der Waals surface area (Å²) in [7, 11) is 1.98. The third-order valence-electron chi connectivity index (χ3n) is 3.60. The van der Waals surface area contributed by atoms with Crippen LogP contribution in [0.25, 0.3) is 0 Å². The molecule has 3 aromatic rings. The maximum atomic E-state index is 5.84. The number of benzene rings is 2. The topological polar surface area (TPSA) is 48.3 Å². The molecule has 0 aliphatic heterocycles. The third-order valence-corrected chi connectivity index (χ3v) is 3.60. The van der Waals surface area contributed by atoms with Crippen molar-refractivity contribution >= 4 is 5.69 Å². The molecule has 0 fully saturated rings. The fourth-order valence-electron chi connectivity index (χ4n) is 2.30. The highest BCUT2D eigenvalue weighted by atomic mass is 16.5. The number of aryl methyl sites for hydroxylation is 1. The predicted octanol–water partition coefficient (Wildman–Crippen LogP) is 4.22. The minimum Gasteiger partial charge on any atom is -0.494 e. The molecule has 0 spiro atoms. The van der Waals surface area contributed by atoms with Crippen molar-refractivity contribution in [3.8, 4) is 17.2 Å². The SMILES string of the molecule is CCOc1ccc(Oc2ccc(NCc3nccn3C)cc2)cc1. The highest BCUT2D eigenvalue weighted by Crippen LogP contribution is 2.25. The normalized spacial score (nSPS) is 10.4. The Balaban J connectivity index is 1.57. The second-order valence-corrected chi connectivity index (χ2v) is 5.34. The van der Waals surface area contributed by atoms with Gasteiger partial charge in [0, 0.05) is 25.1 Å². The minimum atomic E-state index is 0.660. The molecule has 0 aliphatic rings. The van der Waals surface area contributed by atoms with Crippen LogP contribution in [0.1, 0.15) is 12.7 Å². The lowest BCUT2D eigenvalue weighted by Crippen LogP contribution is -2.05. The van der Waals surface area contributed by atoms with E-state index >= 15 is 0 Å². The van der Waals surface area contributed by atoms with Gasteiger partial charge < -0.3 is 19.4 Å². The number of aromatic nitrogens is 2. The van der Waals surface area contributed by atoms with E-state index in [4.69, 9.17) is 9.47 Å². The van der Waals surface area contributed by atoms with Crippen LogP contribution in [-0.4, -0.2) is 16.2 Å². The number of imidazole rings is 1. The smallest absolute Gasteiger partial charge is 0.127 e. The second-order valence-electron chi connectivity index (χ2n) is 5.34. The molecule has 0 aliphatic carbocycles. The van der Waals surface area contributed by atoms with E-state index in [1.165, 1.54) is 0 Å². The van der Waals surface area contributed by atoms with Crippen LogP contribution in [0.3, 0.4) is 0 Å². The van der Waals surface area contributed by atoms with Gasteiger partial charge in [-0.15, -0.1) is 0 Å². The molecule has 3 rings (SSSR count). The summed E-state index contributed by atoms with van der Waals surface area (Å²) in [6.45, 7) is 3.31. The summed E-state index contributed by atoms with van der Waals surface area (Å²) >= 11 is 0. The zero-order valence-corrected chi connectivity index (χ0v) is 13.9. The van der Waals surface area contributed by atoms with Crippen molar-refractivity contribution in [1.82, 2.24) is 9.55 Å². The predicted molar refractivity (Wildman–Crippen MR) is 94.7 cm³/mol. The van der Waals surface area contributed by atoms with Gasteiger partial charge in [0.25, 0.3) is 0 Å². The van der Waals surface area contributed by atoms with Crippen LogP contribution in [-0.2, 0) is 13.6 Å². The first kappa shape index (κ1) is 15.9. The van der Waals surface area contributed by atoms with E-state index in [9.17, 15) is 0 Å². The Labute approximate surface area is 141 Å². The first-order chi connectivity index (χ1) is 11.7. The molecule has 0 unspecified atom stereocenters. The van der Waals surface area contributed by atoms with Crippen LogP contribution in [0, 0.1) is 0 Å². The van der Waals surface area contributed by atoms with E-state index in [1.54, 1.807) is 6.20 Å². The van der Waals surface area contributed by atoms with Crippen LogP contribution < -0.4 is 14.8 Å². The van der Waals surface area contributed by atoms with Gasteiger partial charge in [-0.1, -0.05) is 0 Å². The molecule has 0 atom stereocenters. The van der Waals surface area contributed by atoms with Gasteiger partial charge >= 0.3 is 0 Å². The van der Waals surface area contributed by atoms with Gasteiger partial charge in [-0.05, 0) is 55.5 Å². The zero-order chi connectivity index (χ0) is 16.8. The van der Waals surface area contributed by atoms with Gasteiger partial charge in [-0.2, -0.15) is 0 Å². The quantitative estimate of drug-likeness (QED) is 0.707. The molecule has 2 aromatic carbocycles. The fourth-order valence-corrected chi connectivity index (χ4v) is 2.30. The lowest BCUT2D eigenvalue weighted by Gasteiger charge is -2.09. The average molecular weight is 323 g/mol. The molecule has 0 amide bonds. The monoisotopic (exact) mass is 323 g/mol. The van der Waals surface area contributed by atoms with Gasteiger partial charge in [0.1, 0.15) is 23.1 Å². The number of hydrogen-bond acceptors (Lipinski definition) is 4. The summed E-state index contributed by atoms with van der Waals surface area (Å²) in [5.41, 5.74) is 1.03. The Bertz CT molecular complexity index is 764. The molecule has 5 heteroatoms. The first-order valence-corrected chi connectivity index (χ1v) is 7.95. The Morgan fingerprint density at radius 2 is 1.58 bits per heavy atom. The standard InChI is InChI=1S/C19H21N3O2/c1-3-23-16-8-10-18(11-9-16)24-17-6-4-15(5-7-17)21-14-19-20-12-13-22(19)2/h4-13,21H,3,14H2,1-2H3. The van der Waals surface area contributed by atoms with E-state index < -0.39 is 0 Å². The molecular formula is C19H21N3O2.